The Morgan fingerprint density at radius 2 is 1.57 bits per heavy atom. The van der Waals surface area contributed by atoms with Gasteiger partial charge in [-0.3, -0.25) is 24.0 Å². The average molecular weight is 502 g/mol. The Kier molecular flexibility index (Phi) is 12.7. The summed E-state index contributed by atoms with van der Waals surface area (Å²) < 4.78 is 0. The van der Waals surface area contributed by atoms with E-state index in [1.54, 1.807) is 0 Å². The van der Waals surface area contributed by atoms with Crippen LogP contribution in [0.2, 0.25) is 0 Å². The predicted molar refractivity (Wildman–Crippen MR) is 121 cm³/mol. The molecule has 198 valence electrons. The highest BCUT2D eigenvalue weighted by Crippen LogP contribution is 2.20. The van der Waals surface area contributed by atoms with E-state index in [4.69, 9.17) is 10.8 Å². The number of unbranched alkanes of at least 4 members (excludes halogenated alkanes) is 1. The van der Waals surface area contributed by atoms with Crippen molar-refractivity contribution in [3.8, 4) is 0 Å². The molecule has 1 aliphatic rings. The van der Waals surface area contributed by atoms with Gasteiger partial charge >= 0.3 is 11.9 Å². The van der Waals surface area contributed by atoms with E-state index < -0.39 is 72.8 Å². The van der Waals surface area contributed by atoms with Gasteiger partial charge in [-0.2, -0.15) is 0 Å². The number of aliphatic carboxylic acids is 2. The van der Waals surface area contributed by atoms with Crippen molar-refractivity contribution < 1.29 is 44.1 Å². The molecule has 1 heterocycles. The second-order valence-corrected chi connectivity index (χ2v) is 8.30. The number of aliphatic hydroxyl groups excluding tert-OH is 1. The molecular formula is C21H35N5O9. The van der Waals surface area contributed by atoms with Gasteiger partial charge in [0, 0.05) is 19.9 Å². The van der Waals surface area contributed by atoms with Crippen molar-refractivity contribution in [2.45, 2.75) is 76.0 Å². The molecule has 14 nitrogen and oxygen atoms in total. The first kappa shape index (κ1) is 29.8. The average Bonchev–Trinajstić information content (AvgIpc) is 3.29. The van der Waals surface area contributed by atoms with Crippen LogP contribution in [-0.2, 0) is 28.8 Å². The van der Waals surface area contributed by atoms with Crippen LogP contribution < -0.4 is 21.7 Å². The molecule has 0 aromatic carbocycles. The minimum atomic E-state index is -1.39. The minimum Gasteiger partial charge on any atom is -0.481 e. The Balaban J connectivity index is 3.05. The Bertz CT molecular complexity index is 791. The summed E-state index contributed by atoms with van der Waals surface area (Å²) in [7, 11) is 0. The zero-order valence-electron chi connectivity index (χ0n) is 19.7. The van der Waals surface area contributed by atoms with E-state index in [0.29, 0.717) is 25.8 Å². The molecule has 0 radical (unpaired) electrons. The topological polar surface area (TPSA) is 228 Å². The fraction of sp³-hybridized carbons (Fsp3) is 0.714. The van der Waals surface area contributed by atoms with E-state index in [0.717, 1.165) is 6.92 Å². The molecule has 1 fully saturated rings. The number of rotatable bonds is 15. The Labute approximate surface area is 202 Å². The van der Waals surface area contributed by atoms with E-state index in [1.165, 1.54) is 4.90 Å². The monoisotopic (exact) mass is 501 g/mol. The number of hydrogen-bond donors (Lipinski definition) is 7. The smallest absolute Gasteiger partial charge is 0.326 e. The number of amides is 4. The lowest BCUT2D eigenvalue weighted by Gasteiger charge is -2.29. The van der Waals surface area contributed by atoms with Crippen LogP contribution >= 0.6 is 0 Å². The van der Waals surface area contributed by atoms with Crippen molar-refractivity contribution in [1.29, 1.82) is 0 Å². The number of hydrogen-bond acceptors (Lipinski definition) is 8. The fourth-order valence-corrected chi connectivity index (χ4v) is 3.76. The molecule has 4 amide bonds. The van der Waals surface area contributed by atoms with Gasteiger partial charge in [-0.05, 0) is 45.1 Å². The summed E-state index contributed by atoms with van der Waals surface area (Å²) in [6.45, 7) is 0.932. The first-order valence-electron chi connectivity index (χ1n) is 11.5. The molecule has 8 N–H and O–H groups in total. The third kappa shape index (κ3) is 9.86. The van der Waals surface area contributed by atoms with Crippen molar-refractivity contribution in [1.82, 2.24) is 20.9 Å². The maximum atomic E-state index is 13.1. The van der Waals surface area contributed by atoms with Crippen molar-refractivity contribution in [2.75, 3.05) is 19.7 Å². The summed E-state index contributed by atoms with van der Waals surface area (Å²) in [5.41, 5.74) is 5.51. The summed E-state index contributed by atoms with van der Waals surface area (Å²) in [6.07, 6.45) is 1.14. The van der Waals surface area contributed by atoms with Gasteiger partial charge < -0.3 is 41.9 Å². The molecule has 1 rings (SSSR count). The lowest BCUT2D eigenvalue weighted by atomic mass is 10.0. The van der Waals surface area contributed by atoms with Gasteiger partial charge in [0.2, 0.25) is 23.6 Å². The Morgan fingerprint density at radius 3 is 2.11 bits per heavy atom. The molecular weight excluding hydrogens is 466 g/mol. The van der Waals surface area contributed by atoms with Crippen molar-refractivity contribution in [3.63, 3.8) is 0 Å². The highest BCUT2D eigenvalue weighted by Gasteiger charge is 2.38. The van der Waals surface area contributed by atoms with E-state index in [-0.39, 0.29) is 25.8 Å². The number of aliphatic hydroxyl groups is 1. The van der Waals surface area contributed by atoms with Crippen LogP contribution in [-0.4, -0.2) is 99.7 Å². The fourth-order valence-electron chi connectivity index (χ4n) is 3.76. The molecule has 14 heteroatoms. The summed E-state index contributed by atoms with van der Waals surface area (Å²) >= 11 is 0. The number of carboxylic acid groups (broad SMARTS) is 2. The number of nitrogens with one attached hydrogen (secondary N) is 3. The number of nitrogens with zero attached hydrogens (tertiary/aromatic N) is 1. The van der Waals surface area contributed by atoms with Crippen LogP contribution in [0.1, 0.15) is 51.9 Å². The molecule has 35 heavy (non-hydrogen) atoms. The van der Waals surface area contributed by atoms with Crippen molar-refractivity contribution in [2.24, 2.45) is 5.73 Å². The molecule has 0 saturated carbocycles. The maximum absolute atomic E-state index is 13.1. The Hall–Kier alpha value is -3.26. The van der Waals surface area contributed by atoms with Gasteiger partial charge in [0.05, 0.1) is 6.61 Å². The zero-order chi connectivity index (χ0) is 26.5. The number of carboxylic acids is 2. The molecule has 1 aliphatic heterocycles. The molecule has 0 aromatic rings. The van der Waals surface area contributed by atoms with Crippen LogP contribution in [0.25, 0.3) is 0 Å². The normalized spacial score (nSPS) is 17.7. The summed E-state index contributed by atoms with van der Waals surface area (Å²) in [5, 5.41) is 34.8. The van der Waals surface area contributed by atoms with Gasteiger partial charge in [-0.1, -0.05) is 0 Å². The second-order valence-electron chi connectivity index (χ2n) is 8.30. The number of nitrogens with two attached hydrogens (primary N) is 1. The van der Waals surface area contributed by atoms with Crippen LogP contribution in [0, 0.1) is 0 Å². The first-order valence-corrected chi connectivity index (χ1v) is 11.5. The standard InChI is InChI=1S/C21H35N5O9/c1-12(28)23-15(11-27)19(32)24-13(7-8-17(29)30)18(31)25-14(5-2-3-9-22)20(33)26-10-4-6-16(26)21(34)35/h13-16,27H,2-11,22H2,1H3,(H,23,28)(H,24,32)(H,25,31)(H,29,30)(H,34,35)/t13-,14-,15-,16-/m0/s1. The van der Waals surface area contributed by atoms with Crippen molar-refractivity contribution in [3.05, 3.63) is 0 Å². The third-order valence-corrected chi connectivity index (χ3v) is 5.54. The second kappa shape index (κ2) is 14.9. The number of carbonyl (C=O) groups is 6. The SMILES string of the molecule is CC(=O)N[C@@H](CO)C(=O)N[C@@H](CCC(=O)O)C(=O)N[C@@H](CCCCN)C(=O)N1CCC[C@H]1C(=O)O. The third-order valence-electron chi connectivity index (χ3n) is 5.54. The van der Waals surface area contributed by atoms with Crippen LogP contribution in [0.15, 0.2) is 0 Å². The quantitative estimate of drug-likeness (QED) is 0.117. The molecule has 0 aromatic heterocycles. The molecule has 0 aliphatic carbocycles. The van der Waals surface area contributed by atoms with Crippen LogP contribution in [0.5, 0.6) is 0 Å². The van der Waals surface area contributed by atoms with Gasteiger partial charge in [0.25, 0.3) is 0 Å². The Morgan fingerprint density at radius 1 is 0.943 bits per heavy atom. The van der Waals surface area contributed by atoms with E-state index >= 15 is 0 Å². The summed E-state index contributed by atoms with van der Waals surface area (Å²) in [4.78, 5) is 73.6. The highest BCUT2D eigenvalue weighted by molar-refractivity contribution is 5.95. The largest absolute Gasteiger partial charge is 0.481 e. The lowest BCUT2D eigenvalue weighted by molar-refractivity contribution is -0.149. The summed E-state index contributed by atoms with van der Waals surface area (Å²) in [6, 6.07) is -4.88. The van der Waals surface area contributed by atoms with Crippen molar-refractivity contribution >= 4 is 35.6 Å². The maximum Gasteiger partial charge on any atom is 0.326 e. The van der Waals surface area contributed by atoms with E-state index in [2.05, 4.69) is 16.0 Å². The van der Waals surface area contributed by atoms with Gasteiger partial charge in [0.15, 0.2) is 0 Å². The highest BCUT2D eigenvalue weighted by atomic mass is 16.4. The van der Waals surface area contributed by atoms with E-state index in [9.17, 15) is 39.0 Å². The van der Waals surface area contributed by atoms with Gasteiger partial charge in [0.1, 0.15) is 24.2 Å². The minimum absolute atomic E-state index is 0.162. The first-order chi connectivity index (χ1) is 16.5. The zero-order valence-corrected chi connectivity index (χ0v) is 19.7. The molecule has 4 atom stereocenters. The molecule has 1 saturated heterocycles. The van der Waals surface area contributed by atoms with Crippen LogP contribution in [0.4, 0.5) is 0 Å². The predicted octanol–water partition coefficient (Wildman–Crippen LogP) is -2.48. The van der Waals surface area contributed by atoms with E-state index in [1.807, 2.05) is 0 Å². The van der Waals surface area contributed by atoms with Gasteiger partial charge in [-0.25, -0.2) is 4.79 Å². The number of likely N-dealkylation sites (tertiary alicyclic amines) is 1. The molecule has 0 spiro atoms. The number of carbonyl (C=O) groups excluding carboxylic acids is 4. The molecule has 0 unspecified atom stereocenters. The van der Waals surface area contributed by atoms with Crippen LogP contribution in [0.3, 0.4) is 0 Å². The summed E-state index contributed by atoms with van der Waals surface area (Å²) in [5.74, 6) is -5.33. The lowest BCUT2D eigenvalue weighted by Crippen LogP contribution is -2.58. The van der Waals surface area contributed by atoms with Gasteiger partial charge in [-0.15, -0.1) is 0 Å². The molecule has 0 bridgehead atoms.